The van der Waals surface area contributed by atoms with Crippen molar-refractivity contribution < 1.29 is 53.9 Å². The highest BCUT2D eigenvalue weighted by Crippen LogP contribution is 2.25. The summed E-state index contributed by atoms with van der Waals surface area (Å²) in [5.41, 5.74) is 2.67. The maximum Gasteiger partial charge on any atom is 0.330 e. The van der Waals surface area contributed by atoms with E-state index < -0.39 is 5.97 Å². The Labute approximate surface area is 304 Å². The highest BCUT2D eigenvalue weighted by Gasteiger charge is 2.20. The molecule has 4 rings (SSSR count). The Hall–Kier alpha value is -3.73. The van der Waals surface area contributed by atoms with Gasteiger partial charge in [-0.1, -0.05) is 37.8 Å². The monoisotopic (exact) mass is 767 g/mol. The molecule has 0 radical (unpaired) electrons. The van der Waals surface area contributed by atoms with E-state index in [9.17, 15) is 18.4 Å². The summed E-state index contributed by atoms with van der Waals surface area (Å²) in [5.74, 6) is -0.922. The Morgan fingerprint density at radius 1 is 0.857 bits per heavy atom. The van der Waals surface area contributed by atoms with Gasteiger partial charge in [0.25, 0.3) is 0 Å². The molecular weight excluding hydrogens is 720 g/mol. The van der Waals surface area contributed by atoms with Crippen molar-refractivity contribution in [3.8, 4) is 5.75 Å². The quantitative estimate of drug-likeness (QED) is 0.0883. The number of hydrogen-bond acceptors (Lipinski definition) is 6. The van der Waals surface area contributed by atoms with Crippen LogP contribution in [0.3, 0.4) is 0 Å². The van der Waals surface area contributed by atoms with Gasteiger partial charge in [-0.2, -0.15) is 0 Å². The number of quaternary nitrogens is 1. The molecule has 11 heteroatoms. The van der Waals surface area contributed by atoms with E-state index in [4.69, 9.17) is 18.6 Å². The first kappa shape index (κ1) is 45.3. The normalized spacial score (nSPS) is 10.4. The van der Waals surface area contributed by atoms with Crippen molar-refractivity contribution in [2.45, 2.75) is 55.0 Å². The molecule has 1 aromatic heterocycles. The van der Waals surface area contributed by atoms with Gasteiger partial charge in [0.1, 0.15) is 36.1 Å². The van der Waals surface area contributed by atoms with Crippen molar-refractivity contribution in [1.29, 1.82) is 0 Å². The van der Waals surface area contributed by atoms with Gasteiger partial charge < -0.3 is 35.5 Å². The van der Waals surface area contributed by atoms with E-state index in [1.807, 2.05) is 0 Å². The number of rotatable bonds is 13. The first-order valence-corrected chi connectivity index (χ1v) is 16.5. The lowest BCUT2D eigenvalue weighted by molar-refractivity contribution is -0.936. The molecule has 0 aliphatic carbocycles. The smallest absolute Gasteiger partial charge is 0.330 e. The fraction of sp³-hybridized carbons (Fsp3) is 0.368. The molecule has 1 heterocycles. The molecule has 0 unspecified atom stereocenters. The number of ether oxygens (including phenoxy) is 3. The Morgan fingerprint density at radius 2 is 1.47 bits per heavy atom. The Balaban J connectivity index is 0.000000694. The molecular formula is C38H49BrClF2NO6. The number of fused-ring (bicyclic) bond motifs is 1. The number of furan rings is 1. The molecule has 7 nitrogen and oxygen atoms in total. The van der Waals surface area contributed by atoms with E-state index in [0.29, 0.717) is 40.0 Å². The number of nitrogens with zero attached hydrogens (tertiary/aromatic N) is 1. The molecule has 0 aliphatic heterocycles. The fourth-order valence-corrected chi connectivity index (χ4v) is 5.07. The van der Waals surface area contributed by atoms with Crippen LogP contribution in [0.4, 0.5) is 8.78 Å². The molecule has 0 saturated heterocycles. The van der Waals surface area contributed by atoms with Crippen molar-refractivity contribution in [2.75, 3.05) is 39.5 Å². The molecule has 0 atom stereocenters. The number of carbonyl (C=O) groups is 2. The van der Waals surface area contributed by atoms with Crippen molar-refractivity contribution in [2.24, 2.45) is 0 Å². The molecule has 0 N–H and O–H groups in total. The molecule has 0 bridgehead atoms. The molecule has 0 amide bonds. The van der Waals surface area contributed by atoms with Gasteiger partial charge in [-0.15, -0.1) is 0 Å². The van der Waals surface area contributed by atoms with Crippen LogP contribution in [-0.2, 0) is 32.0 Å². The van der Waals surface area contributed by atoms with E-state index in [-0.39, 0.29) is 50.5 Å². The van der Waals surface area contributed by atoms with Gasteiger partial charge in [0.05, 0.1) is 50.0 Å². The molecule has 4 aromatic rings. The third-order valence-electron chi connectivity index (χ3n) is 7.40. The highest BCUT2D eigenvalue weighted by molar-refractivity contribution is 9.10. The van der Waals surface area contributed by atoms with Gasteiger partial charge in [-0.3, -0.25) is 4.79 Å². The van der Waals surface area contributed by atoms with E-state index in [2.05, 4.69) is 67.0 Å². The molecule has 270 valence electrons. The largest absolute Gasteiger partial charge is 1.00 e. The van der Waals surface area contributed by atoms with E-state index in [0.717, 1.165) is 0 Å². The van der Waals surface area contributed by atoms with Crippen LogP contribution in [0.5, 0.6) is 5.75 Å². The Kier molecular flexibility index (Phi) is 22.6. The summed E-state index contributed by atoms with van der Waals surface area (Å²) < 4.78 is 47.5. The van der Waals surface area contributed by atoms with Gasteiger partial charge in [-0.05, 0) is 93.0 Å². The maximum absolute atomic E-state index is 13.0. The summed E-state index contributed by atoms with van der Waals surface area (Å²) in [6, 6.07) is 19.1. The molecule has 3 aromatic carbocycles. The third kappa shape index (κ3) is 16.0. The van der Waals surface area contributed by atoms with Gasteiger partial charge >= 0.3 is 11.9 Å². The zero-order valence-corrected chi connectivity index (χ0v) is 30.5. The van der Waals surface area contributed by atoms with E-state index in [1.165, 1.54) is 85.0 Å². The van der Waals surface area contributed by atoms with Gasteiger partial charge in [0, 0.05) is 22.6 Å². The Bertz CT molecular complexity index is 1550. The minimum Gasteiger partial charge on any atom is -1.00 e. The van der Waals surface area contributed by atoms with Crippen LogP contribution in [0, 0.1) is 11.6 Å². The van der Waals surface area contributed by atoms with Crippen LogP contribution >= 0.6 is 15.9 Å². The van der Waals surface area contributed by atoms with Gasteiger partial charge in [-0.25, -0.2) is 13.6 Å². The second kappa shape index (κ2) is 24.4. The standard InChI is InChI=1S/C13H22N.C12H12BrFO3.C12H11FO3.CH4.ClH/c1-4-14(5-2,6-3)12-13-10-8-7-9-11-13;1-2-16-12(15)4-3-7-17-11-6-5-9(14)8-10(11)13;1-2-15-12(14)5-8-7-16-11-4-3-9(13)6-10(8)11;;/h7-11H,4-6,12H2,1-3H3;3-6,8H,2,7H2,1H3;3-4,6-7H,2,5H2,1H3;1H4;1H/q+1;;;;/p-1/b;4-3+;;;. The lowest BCUT2D eigenvalue weighted by Gasteiger charge is -2.35. The molecule has 0 fully saturated rings. The summed E-state index contributed by atoms with van der Waals surface area (Å²) in [6.45, 7) is 16.1. The van der Waals surface area contributed by atoms with Crippen LogP contribution < -0.4 is 17.1 Å². The summed E-state index contributed by atoms with van der Waals surface area (Å²) in [7, 11) is 0. The topological polar surface area (TPSA) is 75.0 Å². The van der Waals surface area contributed by atoms with Crippen LogP contribution in [-0.4, -0.2) is 55.9 Å². The van der Waals surface area contributed by atoms with E-state index >= 15 is 0 Å². The lowest BCUT2D eigenvalue weighted by atomic mass is 10.1. The minimum atomic E-state index is -0.408. The lowest BCUT2D eigenvalue weighted by Crippen LogP contribution is -3.00. The number of esters is 2. The number of benzene rings is 3. The average molecular weight is 769 g/mol. The molecule has 0 spiro atoms. The maximum atomic E-state index is 13.0. The predicted molar refractivity (Wildman–Crippen MR) is 191 cm³/mol. The zero-order chi connectivity index (χ0) is 34.7. The summed E-state index contributed by atoms with van der Waals surface area (Å²) in [5, 5.41) is 0.619. The van der Waals surface area contributed by atoms with Gasteiger partial charge in [0.2, 0.25) is 0 Å². The van der Waals surface area contributed by atoms with Crippen molar-refractivity contribution in [3.05, 3.63) is 112 Å². The number of hydrogen-bond donors (Lipinski definition) is 0. The van der Waals surface area contributed by atoms with Crippen LogP contribution in [0.1, 0.15) is 53.2 Å². The van der Waals surface area contributed by atoms with Crippen LogP contribution in [0.25, 0.3) is 11.0 Å². The average Bonchev–Trinajstić information content (AvgIpc) is 3.45. The SMILES string of the molecule is C.CCOC(=O)/C=C/COc1ccc(F)cc1Br.CCOC(=O)Cc1coc2ccc(F)cc12.CC[N+](CC)(CC)Cc1ccccc1.[Cl-]. The summed E-state index contributed by atoms with van der Waals surface area (Å²) in [4.78, 5) is 22.2. The molecule has 0 saturated carbocycles. The van der Waals surface area contributed by atoms with Gasteiger partial charge in [0.15, 0.2) is 0 Å². The van der Waals surface area contributed by atoms with Crippen LogP contribution in [0.15, 0.2) is 94.0 Å². The van der Waals surface area contributed by atoms with E-state index in [1.54, 1.807) is 19.9 Å². The molecule has 0 aliphatic rings. The first-order valence-electron chi connectivity index (χ1n) is 15.7. The second-order valence-corrected chi connectivity index (χ2v) is 11.2. The number of carbonyl (C=O) groups excluding carboxylic acids is 2. The first-order chi connectivity index (χ1) is 22.6. The Morgan fingerprint density at radius 3 is 2.06 bits per heavy atom. The second-order valence-electron chi connectivity index (χ2n) is 10.4. The van der Waals surface area contributed by atoms with Crippen LogP contribution in [0.2, 0.25) is 0 Å². The fourth-order valence-electron chi connectivity index (χ4n) is 4.60. The number of halogens is 4. The predicted octanol–water partition coefficient (Wildman–Crippen LogP) is 6.47. The zero-order valence-electron chi connectivity index (χ0n) is 28.1. The van der Waals surface area contributed by atoms with Crippen molar-refractivity contribution >= 4 is 38.8 Å². The highest BCUT2D eigenvalue weighted by atomic mass is 79.9. The summed E-state index contributed by atoms with van der Waals surface area (Å²) in [6.07, 6.45) is 4.39. The minimum absolute atomic E-state index is 0. The van der Waals surface area contributed by atoms with Crippen molar-refractivity contribution in [1.82, 2.24) is 0 Å². The summed E-state index contributed by atoms with van der Waals surface area (Å²) >= 11 is 3.17. The third-order valence-corrected chi connectivity index (χ3v) is 8.02. The molecule has 49 heavy (non-hydrogen) atoms. The van der Waals surface area contributed by atoms with Crippen molar-refractivity contribution in [3.63, 3.8) is 0 Å².